The Balaban J connectivity index is 2.12. The molecule has 7 heteroatoms. The molecule has 0 aliphatic carbocycles. The van der Waals surface area contributed by atoms with E-state index in [4.69, 9.17) is 0 Å². The number of carbonyl (C=O) groups excluding carboxylic acids is 2. The molecule has 0 aliphatic rings. The summed E-state index contributed by atoms with van der Waals surface area (Å²) in [5.41, 5.74) is 0.927. The first-order valence-corrected chi connectivity index (χ1v) is 7.96. The number of aryl methyl sites for hydroxylation is 1. The largest absolute Gasteiger partial charge is 0.363 e. The number of Topliss-reactive ketones (excluding diaryl/α,β-unsaturated/α-hetero) is 2. The van der Waals surface area contributed by atoms with Gasteiger partial charge in [0.25, 0.3) is 0 Å². The maximum absolute atomic E-state index is 13.1. The molecule has 0 spiro atoms. The second kappa shape index (κ2) is 6.76. The van der Waals surface area contributed by atoms with Crippen molar-refractivity contribution in [2.24, 2.45) is 13.0 Å². The van der Waals surface area contributed by atoms with Crippen molar-refractivity contribution in [1.82, 2.24) is 14.5 Å². The number of rotatable bonds is 5. The zero-order chi connectivity index (χ0) is 18.8. The molecule has 0 amide bonds. The molecule has 1 aromatic carbocycles. The number of nitriles is 1. The van der Waals surface area contributed by atoms with Crippen LogP contribution in [-0.4, -0.2) is 40.2 Å². The Kier molecular flexibility index (Phi) is 4.50. The molecule has 3 aromatic rings. The van der Waals surface area contributed by atoms with Gasteiger partial charge in [-0.25, -0.2) is 9.97 Å². The van der Waals surface area contributed by atoms with Gasteiger partial charge in [0.05, 0.1) is 11.6 Å². The number of hydrogen-bond acceptors (Lipinski definition) is 6. The highest BCUT2D eigenvalue weighted by atomic mass is 16.2. The lowest BCUT2D eigenvalue weighted by molar-refractivity contribution is 0.0839. The van der Waals surface area contributed by atoms with Crippen LogP contribution in [0.3, 0.4) is 0 Å². The van der Waals surface area contributed by atoms with Crippen LogP contribution in [0.15, 0.2) is 42.7 Å². The van der Waals surface area contributed by atoms with Crippen molar-refractivity contribution in [2.45, 2.75) is 0 Å². The fraction of sp³-hybridized carbons (Fsp3) is 0.211. The van der Waals surface area contributed by atoms with Crippen molar-refractivity contribution in [1.29, 1.82) is 5.26 Å². The molecule has 2 aromatic heterocycles. The Morgan fingerprint density at radius 1 is 1.23 bits per heavy atom. The Morgan fingerprint density at radius 3 is 2.58 bits per heavy atom. The van der Waals surface area contributed by atoms with E-state index >= 15 is 0 Å². The van der Waals surface area contributed by atoms with Crippen molar-refractivity contribution >= 4 is 28.3 Å². The molecule has 0 fully saturated rings. The number of anilines is 1. The summed E-state index contributed by atoms with van der Waals surface area (Å²) in [6.45, 7) is 0. The van der Waals surface area contributed by atoms with Gasteiger partial charge in [-0.15, -0.1) is 0 Å². The summed E-state index contributed by atoms with van der Waals surface area (Å²) in [5.74, 6) is -1.97. The first-order chi connectivity index (χ1) is 12.4. The van der Waals surface area contributed by atoms with E-state index in [1.165, 1.54) is 10.8 Å². The van der Waals surface area contributed by atoms with Crippen LogP contribution >= 0.6 is 0 Å². The van der Waals surface area contributed by atoms with Gasteiger partial charge in [0.2, 0.25) is 5.78 Å². The summed E-state index contributed by atoms with van der Waals surface area (Å²) in [7, 11) is 5.27. The smallest absolute Gasteiger partial charge is 0.223 e. The standard InChI is InChI=1S/C19H17N5O2/c1-23(2)16-10-13(12-6-4-5-7-15(12)22-16)17(25)14(11-20)18(26)19-21-8-9-24(19)3/h4-10,14H,1-3H3/t14-/m1/s1. The number of hydrogen-bond donors (Lipinski definition) is 0. The van der Waals surface area contributed by atoms with Crippen LogP contribution in [0.4, 0.5) is 5.82 Å². The number of ketones is 2. The highest BCUT2D eigenvalue weighted by molar-refractivity contribution is 6.20. The first-order valence-electron chi connectivity index (χ1n) is 7.96. The molecule has 0 saturated heterocycles. The van der Waals surface area contributed by atoms with Gasteiger partial charge in [-0.2, -0.15) is 5.26 Å². The third kappa shape index (κ3) is 2.93. The number of imidazole rings is 1. The zero-order valence-corrected chi connectivity index (χ0v) is 14.7. The van der Waals surface area contributed by atoms with E-state index in [0.29, 0.717) is 22.3 Å². The summed E-state index contributed by atoms with van der Waals surface area (Å²) >= 11 is 0. The predicted octanol–water partition coefficient (Wildman–Crippen LogP) is 2.24. The van der Waals surface area contributed by atoms with Gasteiger partial charge < -0.3 is 9.47 Å². The number of carbonyl (C=O) groups is 2. The molecule has 0 unspecified atom stereocenters. The third-order valence-electron chi connectivity index (χ3n) is 4.12. The minimum atomic E-state index is -1.46. The number of fused-ring (bicyclic) bond motifs is 1. The molecule has 0 saturated carbocycles. The van der Waals surface area contributed by atoms with E-state index in [1.807, 2.05) is 26.2 Å². The van der Waals surface area contributed by atoms with E-state index in [-0.39, 0.29) is 5.82 Å². The molecule has 3 rings (SSSR count). The number of nitrogens with zero attached hydrogens (tertiary/aromatic N) is 5. The molecule has 0 bridgehead atoms. The molecule has 2 heterocycles. The Morgan fingerprint density at radius 2 is 1.96 bits per heavy atom. The summed E-state index contributed by atoms with van der Waals surface area (Å²) in [6, 6.07) is 10.6. The number of para-hydroxylation sites is 1. The maximum Gasteiger partial charge on any atom is 0.223 e. The van der Waals surface area contributed by atoms with Crippen LogP contribution in [0.1, 0.15) is 21.0 Å². The van der Waals surface area contributed by atoms with Crippen molar-refractivity contribution in [3.63, 3.8) is 0 Å². The second-order valence-electron chi connectivity index (χ2n) is 6.09. The number of aromatic nitrogens is 3. The molecule has 0 radical (unpaired) electrons. The lowest BCUT2D eigenvalue weighted by atomic mass is 9.92. The minimum absolute atomic E-state index is 0.0797. The highest BCUT2D eigenvalue weighted by Gasteiger charge is 2.32. The molecule has 130 valence electrons. The third-order valence-corrected chi connectivity index (χ3v) is 4.12. The van der Waals surface area contributed by atoms with Gasteiger partial charge in [0, 0.05) is 44.5 Å². The van der Waals surface area contributed by atoms with Crippen molar-refractivity contribution < 1.29 is 9.59 Å². The average molecular weight is 347 g/mol. The van der Waals surface area contributed by atoms with Gasteiger partial charge in [-0.1, -0.05) is 18.2 Å². The Hall–Kier alpha value is -3.53. The molecular formula is C19H17N5O2. The van der Waals surface area contributed by atoms with Crippen LogP contribution in [-0.2, 0) is 7.05 Å². The van der Waals surface area contributed by atoms with E-state index in [9.17, 15) is 14.9 Å². The van der Waals surface area contributed by atoms with Crippen molar-refractivity contribution in [3.05, 3.63) is 54.1 Å². The van der Waals surface area contributed by atoms with Gasteiger partial charge in [0.15, 0.2) is 17.5 Å². The Labute approximate surface area is 150 Å². The van der Waals surface area contributed by atoms with Crippen LogP contribution < -0.4 is 4.90 Å². The molecular weight excluding hydrogens is 330 g/mol. The van der Waals surface area contributed by atoms with Crippen LogP contribution in [0, 0.1) is 17.2 Å². The van der Waals surface area contributed by atoms with E-state index in [0.717, 1.165) is 0 Å². The SMILES string of the molecule is CN(C)c1cc(C(=O)[C@@H](C#N)C(=O)c2nccn2C)c2ccccc2n1. The molecule has 1 atom stereocenters. The van der Waals surface area contributed by atoms with Crippen molar-refractivity contribution in [2.75, 3.05) is 19.0 Å². The van der Waals surface area contributed by atoms with Gasteiger partial charge in [-0.3, -0.25) is 9.59 Å². The predicted molar refractivity (Wildman–Crippen MR) is 97.0 cm³/mol. The van der Waals surface area contributed by atoms with Crippen LogP contribution in [0.2, 0.25) is 0 Å². The topological polar surface area (TPSA) is 91.9 Å². The summed E-state index contributed by atoms with van der Waals surface area (Å²) in [6.07, 6.45) is 3.05. The lowest BCUT2D eigenvalue weighted by Crippen LogP contribution is -2.26. The summed E-state index contributed by atoms with van der Waals surface area (Å²) < 4.78 is 1.50. The summed E-state index contributed by atoms with van der Waals surface area (Å²) in [5, 5.41) is 10.1. The van der Waals surface area contributed by atoms with Crippen molar-refractivity contribution in [3.8, 4) is 6.07 Å². The normalized spacial score (nSPS) is 11.8. The summed E-state index contributed by atoms with van der Waals surface area (Å²) in [4.78, 5) is 36.0. The van der Waals surface area contributed by atoms with Gasteiger partial charge in [-0.05, 0) is 12.1 Å². The van der Waals surface area contributed by atoms with E-state index in [1.54, 1.807) is 42.4 Å². The van der Waals surface area contributed by atoms with Crippen LogP contribution in [0.25, 0.3) is 10.9 Å². The minimum Gasteiger partial charge on any atom is -0.363 e. The molecule has 7 nitrogen and oxygen atoms in total. The quantitative estimate of drug-likeness (QED) is 0.519. The fourth-order valence-electron chi connectivity index (χ4n) is 2.72. The van der Waals surface area contributed by atoms with Crippen LogP contribution in [0.5, 0.6) is 0 Å². The lowest BCUT2D eigenvalue weighted by Gasteiger charge is -2.15. The van der Waals surface area contributed by atoms with Gasteiger partial charge in [0.1, 0.15) is 5.82 Å². The molecule has 0 N–H and O–H groups in total. The van der Waals surface area contributed by atoms with E-state index in [2.05, 4.69) is 9.97 Å². The molecule has 0 aliphatic heterocycles. The second-order valence-corrected chi connectivity index (χ2v) is 6.09. The van der Waals surface area contributed by atoms with Gasteiger partial charge >= 0.3 is 0 Å². The monoisotopic (exact) mass is 347 g/mol. The first kappa shape index (κ1) is 17.3. The average Bonchev–Trinajstić information content (AvgIpc) is 3.07. The Bertz CT molecular complexity index is 1050. The number of pyridine rings is 1. The zero-order valence-electron chi connectivity index (χ0n) is 14.7. The fourth-order valence-corrected chi connectivity index (χ4v) is 2.72. The molecule has 26 heavy (non-hydrogen) atoms. The maximum atomic E-state index is 13.1. The highest BCUT2D eigenvalue weighted by Crippen LogP contribution is 2.25. The van der Waals surface area contributed by atoms with E-state index < -0.39 is 17.5 Å². The number of benzene rings is 1.